The van der Waals surface area contributed by atoms with Crippen molar-refractivity contribution in [2.75, 3.05) is 0 Å². The molecule has 3 heteroatoms. The van der Waals surface area contributed by atoms with Gasteiger partial charge in [0.15, 0.2) is 8.32 Å². The van der Waals surface area contributed by atoms with Crippen LogP contribution in [0.1, 0.15) is 26.2 Å². The summed E-state index contributed by atoms with van der Waals surface area (Å²) in [6.45, 7) is 8.24. The fourth-order valence-electron chi connectivity index (χ4n) is 1.99. The van der Waals surface area contributed by atoms with Gasteiger partial charge in [0.2, 0.25) is 0 Å². The maximum absolute atomic E-state index is 11.3. The molecule has 1 aliphatic rings. The van der Waals surface area contributed by atoms with Crippen molar-refractivity contribution in [1.82, 2.24) is 0 Å². The summed E-state index contributed by atoms with van der Waals surface area (Å²) in [4.78, 5) is 11.3. The normalized spacial score (nSPS) is 29.2. The van der Waals surface area contributed by atoms with Gasteiger partial charge in [0, 0.05) is 5.92 Å². The lowest BCUT2D eigenvalue weighted by molar-refractivity contribution is -0.122. The second-order valence-electron chi connectivity index (χ2n) is 4.92. The molecule has 0 aromatic rings. The van der Waals surface area contributed by atoms with Crippen molar-refractivity contribution in [3.8, 4) is 0 Å². The number of rotatable bonds is 3. The summed E-state index contributed by atoms with van der Waals surface area (Å²) in [5.74, 6) is 0.493. The van der Waals surface area contributed by atoms with Gasteiger partial charge in [0.25, 0.3) is 0 Å². The third kappa shape index (κ3) is 3.23. The van der Waals surface area contributed by atoms with Crippen molar-refractivity contribution < 1.29 is 9.22 Å². The Morgan fingerprint density at radius 2 is 1.92 bits per heavy atom. The molecule has 1 rings (SSSR count). The van der Waals surface area contributed by atoms with Crippen LogP contribution in [0.4, 0.5) is 0 Å². The molecule has 13 heavy (non-hydrogen) atoms. The smallest absolute Gasteiger partial charge is 0.184 e. The van der Waals surface area contributed by atoms with Gasteiger partial charge < -0.3 is 4.43 Å². The van der Waals surface area contributed by atoms with Crippen molar-refractivity contribution in [1.29, 1.82) is 0 Å². The van der Waals surface area contributed by atoms with Crippen molar-refractivity contribution in [2.24, 2.45) is 5.92 Å². The molecule has 2 atom stereocenters. The van der Waals surface area contributed by atoms with Gasteiger partial charge in [-0.05, 0) is 39.4 Å². The van der Waals surface area contributed by atoms with Crippen LogP contribution in [0.3, 0.4) is 0 Å². The van der Waals surface area contributed by atoms with Gasteiger partial charge in [0.05, 0.1) is 6.10 Å². The summed E-state index contributed by atoms with van der Waals surface area (Å²) >= 11 is 0. The third-order valence-electron chi connectivity index (χ3n) is 2.48. The number of ketones is 1. The summed E-state index contributed by atoms with van der Waals surface area (Å²) in [5.41, 5.74) is 0. The standard InChI is InChI=1S/C10H20O2Si/c1-8(11)9-6-5-7-10(9)12-13(2,3)4/h9-10H,5-7H2,1-4H3/t9-,10-/m1/s1. The molecule has 0 radical (unpaired) electrons. The first kappa shape index (κ1) is 10.9. The van der Waals surface area contributed by atoms with Crippen LogP contribution in [0.5, 0.6) is 0 Å². The van der Waals surface area contributed by atoms with E-state index in [1.807, 2.05) is 0 Å². The predicted molar refractivity (Wildman–Crippen MR) is 56.2 cm³/mol. The highest BCUT2D eigenvalue weighted by Gasteiger charge is 2.34. The van der Waals surface area contributed by atoms with Gasteiger partial charge >= 0.3 is 0 Å². The first-order valence-corrected chi connectivity index (χ1v) is 8.49. The molecular formula is C10H20O2Si. The molecule has 0 N–H and O–H groups in total. The Balaban J connectivity index is 2.54. The summed E-state index contributed by atoms with van der Waals surface area (Å²) in [6.07, 6.45) is 3.49. The Morgan fingerprint density at radius 1 is 1.31 bits per heavy atom. The van der Waals surface area contributed by atoms with E-state index in [1.165, 1.54) is 0 Å². The molecule has 0 spiro atoms. The Morgan fingerprint density at radius 3 is 2.38 bits per heavy atom. The average Bonchev–Trinajstić information content (AvgIpc) is 2.31. The van der Waals surface area contributed by atoms with E-state index in [4.69, 9.17) is 4.43 Å². The molecule has 0 saturated heterocycles. The van der Waals surface area contributed by atoms with Crippen LogP contribution in [-0.4, -0.2) is 20.2 Å². The molecule has 0 bridgehead atoms. The van der Waals surface area contributed by atoms with Gasteiger partial charge in [-0.15, -0.1) is 0 Å². The molecule has 1 aliphatic carbocycles. The van der Waals surface area contributed by atoms with Gasteiger partial charge in [-0.1, -0.05) is 6.42 Å². The van der Waals surface area contributed by atoms with Gasteiger partial charge in [-0.25, -0.2) is 0 Å². The highest BCUT2D eigenvalue weighted by molar-refractivity contribution is 6.69. The minimum absolute atomic E-state index is 0.187. The average molecular weight is 200 g/mol. The molecule has 1 fully saturated rings. The Kier molecular flexibility index (Phi) is 3.30. The predicted octanol–water partition coefficient (Wildman–Crippen LogP) is 2.60. The number of carbonyl (C=O) groups is 1. The van der Waals surface area contributed by atoms with Crippen molar-refractivity contribution in [3.63, 3.8) is 0 Å². The largest absolute Gasteiger partial charge is 0.414 e. The summed E-state index contributed by atoms with van der Waals surface area (Å²) in [5, 5.41) is 0. The maximum Gasteiger partial charge on any atom is 0.184 e. The number of hydrogen-bond acceptors (Lipinski definition) is 2. The van der Waals surface area contributed by atoms with E-state index >= 15 is 0 Å². The number of carbonyl (C=O) groups excluding carboxylic acids is 1. The summed E-state index contributed by atoms with van der Waals surface area (Å²) in [7, 11) is -1.46. The van der Waals surface area contributed by atoms with Crippen molar-refractivity contribution >= 4 is 14.1 Å². The molecule has 1 saturated carbocycles. The number of Topliss-reactive ketones (excluding diaryl/α,β-unsaturated/α-hetero) is 1. The molecule has 0 aromatic heterocycles. The molecule has 0 unspecified atom stereocenters. The first-order chi connectivity index (χ1) is 5.90. The minimum atomic E-state index is -1.46. The highest BCUT2D eigenvalue weighted by atomic mass is 28.4. The zero-order valence-corrected chi connectivity index (χ0v) is 10.1. The van der Waals surface area contributed by atoms with Crippen LogP contribution in [0.15, 0.2) is 0 Å². The summed E-state index contributed by atoms with van der Waals surface area (Å²) < 4.78 is 5.99. The van der Waals surface area contributed by atoms with Crippen LogP contribution in [0.2, 0.25) is 19.6 Å². The Hall–Kier alpha value is -0.153. The monoisotopic (exact) mass is 200 g/mol. The molecule has 0 aliphatic heterocycles. The summed E-state index contributed by atoms with van der Waals surface area (Å²) in [6, 6.07) is 0. The van der Waals surface area contributed by atoms with Gasteiger partial charge in [-0.3, -0.25) is 4.79 Å². The fourth-order valence-corrected chi connectivity index (χ4v) is 3.18. The molecular weight excluding hydrogens is 180 g/mol. The van der Waals surface area contributed by atoms with E-state index in [0.717, 1.165) is 19.3 Å². The fraction of sp³-hybridized carbons (Fsp3) is 0.900. The second-order valence-corrected chi connectivity index (χ2v) is 9.38. The molecule has 0 amide bonds. The first-order valence-electron chi connectivity index (χ1n) is 5.08. The van der Waals surface area contributed by atoms with E-state index in [-0.39, 0.29) is 12.0 Å². The van der Waals surface area contributed by atoms with Crippen LogP contribution < -0.4 is 0 Å². The van der Waals surface area contributed by atoms with Crippen LogP contribution >= 0.6 is 0 Å². The molecule has 0 aromatic carbocycles. The lowest BCUT2D eigenvalue weighted by Crippen LogP contribution is -2.35. The minimum Gasteiger partial charge on any atom is -0.414 e. The van der Waals surface area contributed by atoms with Gasteiger partial charge in [0.1, 0.15) is 5.78 Å². The van der Waals surface area contributed by atoms with Crippen molar-refractivity contribution in [2.45, 2.75) is 51.9 Å². The van der Waals surface area contributed by atoms with E-state index in [1.54, 1.807) is 6.92 Å². The SMILES string of the molecule is CC(=O)[C@H]1CCC[C@H]1O[Si](C)(C)C. The lowest BCUT2D eigenvalue weighted by Gasteiger charge is -2.26. The lowest BCUT2D eigenvalue weighted by atomic mass is 10.0. The maximum atomic E-state index is 11.3. The molecule has 2 nitrogen and oxygen atoms in total. The van der Waals surface area contributed by atoms with Crippen LogP contribution in [0.25, 0.3) is 0 Å². The van der Waals surface area contributed by atoms with Crippen LogP contribution in [-0.2, 0) is 9.22 Å². The number of hydrogen-bond donors (Lipinski definition) is 0. The Bertz CT molecular complexity index is 196. The highest BCUT2D eigenvalue weighted by Crippen LogP contribution is 2.30. The van der Waals surface area contributed by atoms with E-state index in [0.29, 0.717) is 5.78 Å². The van der Waals surface area contributed by atoms with Crippen molar-refractivity contribution in [3.05, 3.63) is 0 Å². The topological polar surface area (TPSA) is 26.3 Å². The van der Waals surface area contributed by atoms with E-state index < -0.39 is 8.32 Å². The molecule has 0 heterocycles. The Labute approximate surface area is 81.8 Å². The van der Waals surface area contributed by atoms with E-state index in [9.17, 15) is 4.79 Å². The van der Waals surface area contributed by atoms with E-state index in [2.05, 4.69) is 19.6 Å². The second kappa shape index (κ2) is 3.92. The zero-order valence-electron chi connectivity index (χ0n) is 9.09. The van der Waals surface area contributed by atoms with Gasteiger partial charge in [-0.2, -0.15) is 0 Å². The zero-order chi connectivity index (χ0) is 10.1. The van der Waals surface area contributed by atoms with Crippen LogP contribution in [0, 0.1) is 5.92 Å². The third-order valence-corrected chi connectivity index (χ3v) is 3.49. The molecule has 76 valence electrons. The quantitative estimate of drug-likeness (QED) is 0.655.